The van der Waals surface area contributed by atoms with Crippen molar-refractivity contribution in [3.05, 3.63) is 34.3 Å². The molecule has 1 atom stereocenters. The Hall–Kier alpha value is -0.420. The van der Waals surface area contributed by atoms with Crippen LogP contribution >= 0.6 is 15.9 Å². The van der Waals surface area contributed by atoms with Crippen LogP contribution < -0.4 is 5.32 Å². The molecule has 1 aliphatic heterocycles. The lowest BCUT2D eigenvalue weighted by atomic mass is 10.0. The van der Waals surface area contributed by atoms with E-state index in [1.165, 1.54) is 35.8 Å². The first-order valence-corrected chi connectivity index (χ1v) is 8.27. The van der Waals surface area contributed by atoms with Crippen molar-refractivity contribution in [1.29, 1.82) is 0 Å². The van der Waals surface area contributed by atoms with Gasteiger partial charge in [-0.2, -0.15) is 0 Å². The first-order valence-electron chi connectivity index (χ1n) is 7.48. The Kier molecular flexibility index (Phi) is 7.00. The van der Waals surface area contributed by atoms with Gasteiger partial charge in [-0.25, -0.2) is 0 Å². The highest BCUT2D eigenvalue weighted by molar-refractivity contribution is 9.10. The third kappa shape index (κ3) is 4.85. The predicted octanol–water partition coefficient (Wildman–Crippen LogP) is 3.04. The van der Waals surface area contributed by atoms with Crippen molar-refractivity contribution in [3.8, 4) is 0 Å². The van der Waals surface area contributed by atoms with E-state index in [4.69, 9.17) is 4.74 Å². The number of ether oxygens (including phenoxy) is 1. The molecule has 0 bridgehead atoms. The summed E-state index contributed by atoms with van der Waals surface area (Å²) in [5.41, 5.74) is 1.39. The number of nitrogens with one attached hydrogen (secondary N) is 1. The summed E-state index contributed by atoms with van der Waals surface area (Å²) >= 11 is 3.66. The minimum Gasteiger partial charge on any atom is -0.383 e. The molecule has 1 unspecified atom stereocenters. The van der Waals surface area contributed by atoms with Crippen molar-refractivity contribution in [2.24, 2.45) is 0 Å². The van der Waals surface area contributed by atoms with Gasteiger partial charge in [-0.3, -0.25) is 4.90 Å². The summed E-state index contributed by atoms with van der Waals surface area (Å²) < 4.78 is 6.31. The number of methoxy groups -OCH3 is 1. The maximum atomic E-state index is 5.09. The maximum Gasteiger partial charge on any atom is 0.0587 e. The van der Waals surface area contributed by atoms with Gasteiger partial charge in [0.2, 0.25) is 0 Å². The molecular formula is C16H25BrN2O. The van der Waals surface area contributed by atoms with E-state index in [-0.39, 0.29) is 0 Å². The second-order valence-corrected chi connectivity index (χ2v) is 6.26. The van der Waals surface area contributed by atoms with E-state index in [1.807, 2.05) is 0 Å². The minimum absolute atomic E-state index is 0.646. The monoisotopic (exact) mass is 340 g/mol. The third-order valence-corrected chi connectivity index (χ3v) is 4.72. The second kappa shape index (κ2) is 8.78. The summed E-state index contributed by atoms with van der Waals surface area (Å²) in [7, 11) is 1.75. The van der Waals surface area contributed by atoms with Gasteiger partial charge in [-0.15, -0.1) is 0 Å². The molecule has 1 saturated heterocycles. The maximum absolute atomic E-state index is 5.09. The molecule has 112 valence electrons. The molecule has 0 radical (unpaired) electrons. The van der Waals surface area contributed by atoms with E-state index < -0.39 is 0 Å². The summed E-state index contributed by atoms with van der Waals surface area (Å²) in [5, 5.41) is 3.51. The normalized spacial score (nSPS) is 20.2. The first kappa shape index (κ1) is 16.0. The Morgan fingerprint density at radius 2 is 2.20 bits per heavy atom. The molecule has 0 aromatic heterocycles. The fraction of sp³-hybridized carbons (Fsp3) is 0.625. The molecule has 1 fully saturated rings. The molecule has 1 aromatic carbocycles. The average Bonchev–Trinajstić information content (AvgIpc) is 2.47. The highest BCUT2D eigenvalue weighted by atomic mass is 79.9. The lowest BCUT2D eigenvalue weighted by molar-refractivity contribution is 0.133. The molecule has 0 amide bonds. The van der Waals surface area contributed by atoms with Crippen LogP contribution in [0.25, 0.3) is 0 Å². The van der Waals surface area contributed by atoms with E-state index in [0.717, 1.165) is 26.2 Å². The van der Waals surface area contributed by atoms with Crippen molar-refractivity contribution in [3.63, 3.8) is 0 Å². The molecule has 1 N–H and O–H groups in total. The Morgan fingerprint density at radius 3 is 3.00 bits per heavy atom. The molecule has 0 aliphatic carbocycles. The number of benzene rings is 1. The molecule has 0 spiro atoms. The number of piperidine rings is 1. The second-order valence-electron chi connectivity index (χ2n) is 5.41. The first-order chi connectivity index (χ1) is 9.81. The highest BCUT2D eigenvalue weighted by Crippen LogP contribution is 2.23. The van der Waals surface area contributed by atoms with Crippen LogP contribution in [0.4, 0.5) is 0 Å². The fourth-order valence-electron chi connectivity index (χ4n) is 2.79. The largest absolute Gasteiger partial charge is 0.383 e. The van der Waals surface area contributed by atoms with E-state index in [1.54, 1.807) is 7.11 Å². The molecule has 0 saturated carbocycles. The van der Waals surface area contributed by atoms with Gasteiger partial charge < -0.3 is 10.1 Å². The third-order valence-electron chi connectivity index (χ3n) is 3.94. The molecular weight excluding hydrogens is 316 g/mol. The zero-order chi connectivity index (χ0) is 14.2. The zero-order valence-corrected chi connectivity index (χ0v) is 13.9. The van der Waals surface area contributed by atoms with Crippen molar-refractivity contribution in [1.82, 2.24) is 10.2 Å². The van der Waals surface area contributed by atoms with Crippen LogP contribution in [-0.2, 0) is 11.3 Å². The van der Waals surface area contributed by atoms with Crippen molar-refractivity contribution < 1.29 is 4.74 Å². The minimum atomic E-state index is 0.646. The topological polar surface area (TPSA) is 24.5 Å². The number of halogens is 1. The average molecular weight is 341 g/mol. The van der Waals surface area contributed by atoms with Gasteiger partial charge in [0.05, 0.1) is 6.61 Å². The Balaban J connectivity index is 1.88. The molecule has 3 nitrogen and oxygen atoms in total. The van der Waals surface area contributed by atoms with E-state index >= 15 is 0 Å². The number of likely N-dealkylation sites (tertiary alicyclic amines) is 1. The van der Waals surface area contributed by atoms with Crippen LogP contribution in [-0.4, -0.2) is 44.3 Å². The SMILES string of the molecule is COCCNCC1CCCCN1Cc1ccccc1Br. The van der Waals surface area contributed by atoms with E-state index in [0.29, 0.717) is 6.04 Å². The van der Waals surface area contributed by atoms with Gasteiger partial charge >= 0.3 is 0 Å². The highest BCUT2D eigenvalue weighted by Gasteiger charge is 2.22. The van der Waals surface area contributed by atoms with Crippen LogP contribution in [0, 0.1) is 0 Å². The van der Waals surface area contributed by atoms with Gasteiger partial charge in [-0.1, -0.05) is 40.5 Å². The summed E-state index contributed by atoms with van der Waals surface area (Å²) in [6.07, 6.45) is 3.96. The van der Waals surface area contributed by atoms with Gasteiger partial charge in [0.1, 0.15) is 0 Å². The predicted molar refractivity (Wildman–Crippen MR) is 86.9 cm³/mol. The Labute approximate surface area is 130 Å². The van der Waals surface area contributed by atoms with Crippen LogP contribution in [0.15, 0.2) is 28.7 Å². The standard InChI is InChI=1S/C16H25BrN2O/c1-20-11-9-18-12-15-7-4-5-10-19(15)13-14-6-2-3-8-16(14)17/h2-3,6,8,15,18H,4-5,7,9-13H2,1H3. The van der Waals surface area contributed by atoms with Gasteiger partial charge in [0, 0.05) is 37.3 Å². The number of hydrogen-bond donors (Lipinski definition) is 1. The van der Waals surface area contributed by atoms with Gasteiger partial charge in [0.25, 0.3) is 0 Å². The summed E-state index contributed by atoms with van der Waals surface area (Å²) in [5.74, 6) is 0. The van der Waals surface area contributed by atoms with Crippen LogP contribution in [0.1, 0.15) is 24.8 Å². The molecule has 1 heterocycles. The fourth-order valence-corrected chi connectivity index (χ4v) is 3.20. The summed E-state index contributed by atoms with van der Waals surface area (Å²) in [4.78, 5) is 2.61. The number of nitrogens with zero attached hydrogens (tertiary/aromatic N) is 1. The van der Waals surface area contributed by atoms with Crippen LogP contribution in [0.5, 0.6) is 0 Å². The molecule has 4 heteroatoms. The lowest BCUT2D eigenvalue weighted by Gasteiger charge is -2.36. The van der Waals surface area contributed by atoms with Gasteiger partial charge in [0.15, 0.2) is 0 Å². The smallest absolute Gasteiger partial charge is 0.0587 e. The van der Waals surface area contributed by atoms with E-state index in [9.17, 15) is 0 Å². The number of hydrogen-bond acceptors (Lipinski definition) is 3. The number of rotatable bonds is 7. The van der Waals surface area contributed by atoms with Crippen LogP contribution in [0.2, 0.25) is 0 Å². The lowest BCUT2D eigenvalue weighted by Crippen LogP contribution is -2.45. The van der Waals surface area contributed by atoms with Crippen molar-refractivity contribution in [2.75, 3.05) is 33.4 Å². The Morgan fingerprint density at radius 1 is 1.35 bits per heavy atom. The zero-order valence-electron chi connectivity index (χ0n) is 12.3. The van der Waals surface area contributed by atoms with Gasteiger partial charge in [-0.05, 0) is 31.0 Å². The summed E-state index contributed by atoms with van der Waals surface area (Å²) in [6, 6.07) is 9.19. The molecule has 20 heavy (non-hydrogen) atoms. The molecule has 1 aromatic rings. The summed E-state index contributed by atoms with van der Waals surface area (Å²) in [6.45, 7) is 5.04. The van der Waals surface area contributed by atoms with E-state index in [2.05, 4.69) is 50.4 Å². The van der Waals surface area contributed by atoms with Crippen LogP contribution in [0.3, 0.4) is 0 Å². The molecule has 2 rings (SSSR count). The Bertz CT molecular complexity index is 400. The quantitative estimate of drug-likeness (QED) is 0.772. The molecule has 1 aliphatic rings. The van der Waals surface area contributed by atoms with Crippen molar-refractivity contribution in [2.45, 2.75) is 31.8 Å². The van der Waals surface area contributed by atoms with Crippen molar-refractivity contribution >= 4 is 15.9 Å².